The molecule has 0 radical (unpaired) electrons. The van der Waals surface area contributed by atoms with Crippen LogP contribution in [-0.4, -0.2) is 36.5 Å². The minimum atomic E-state index is 0.0603. The number of rotatable bonds is 5. The van der Waals surface area contributed by atoms with Gasteiger partial charge in [0.1, 0.15) is 6.54 Å². The first kappa shape index (κ1) is 18.0. The molecule has 25 heavy (non-hydrogen) atoms. The number of piperidine rings is 1. The van der Waals surface area contributed by atoms with Crippen molar-refractivity contribution in [3.8, 4) is 0 Å². The summed E-state index contributed by atoms with van der Waals surface area (Å²) < 4.78 is 0. The van der Waals surface area contributed by atoms with Crippen molar-refractivity contribution in [3.63, 3.8) is 0 Å². The highest BCUT2D eigenvalue weighted by Crippen LogP contribution is 2.19. The maximum atomic E-state index is 12.7. The first-order valence-electron chi connectivity index (χ1n) is 9.11. The van der Waals surface area contributed by atoms with Crippen molar-refractivity contribution >= 4 is 17.5 Å². The number of benzene rings is 2. The van der Waals surface area contributed by atoms with Crippen molar-refractivity contribution in [2.45, 2.75) is 32.4 Å². The molecule has 1 fully saturated rings. The predicted octanol–water partition coefficient (Wildman–Crippen LogP) is 3.05. The van der Waals surface area contributed by atoms with Crippen molar-refractivity contribution in [1.82, 2.24) is 4.90 Å². The summed E-state index contributed by atoms with van der Waals surface area (Å²) in [7, 11) is 0. The third-order valence-corrected chi connectivity index (χ3v) is 5.52. The molecule has 1 unspecified atom stereocenters. The van der Waals surface area contributed by atoms with Gasteiger partial charge in [-0.25, -0.2) is 0 Å². The van der Waals surface area contributed by atoms with Crippen LogP contribution in [0.1, 0.15) is 35.7 Å². The highest BCUT2D eigenvalue weighted by Gasteiger charge is 2.29. The Balaban J connectivity index is 1.59. The van der Waals surface area contributed by atoms with E-state index >= 15 is 0 Å². The number of quaternary nitrogens is 1. The Morgan fingerprint density at radius 3 is 2.36 bits per heavy atom. The zero-order chi connectivity index (χ0) is 17.6. The molecule has 2 aromatic rings. The van der Waals surface area contributed by atoms with Gasteiger partial charge in [0.05, 0.1) is 23.2 Å². The standard InChI is InChI=1S/C21H25ClN2O/c1-2-23(16-17-8-4-3-5-9-17)18-12-14-24(15-13-18)21(25)19-10-6-7-11-20(19)22/h3-11,18H,2,12-16H2,1H3/p+1. The number of carbonyl (C=O) groups excluding carboxylic acids is 1. The van der Waals surface area contributed by atoms with Gasteiger partial charge in [0.25, 0.3) is 5.91 Å². The lowest BCUT2D eigenvalue weighted by Crippen LogP contribution is -3.14. The van der Waals surface area contributed by atoms with Gasteiger partial charge >= 0.3 is 0 Å². The number of nitrogens with one attached hydrogen (secondary N) is 1. The third-order valence-electron chi connectivity index (χ3n) is 5.19. The fourth-order valence-electron chi connectivity index (χ4n) is 3.71. The second kappa shape index (κ2) is 8.50. The number of carbonyl (C=O) groups is 1. The molecule has 0 saturated carbocycles. The second-order valence-electron chi connectivity index (χ2n) is 6.72. The second-order valence-corrected chi connectivity index (χ2v) is 7.13. The van der Waals surface area contributed by atoms with Gasteiger partial charge in [0.2, 0.25) is 0 Å². The van der Waals surface area contributed by atoms with Crippen LogP contribution < -0.4 is 4.90 Å². The molecule has 1 heterocycles. The smallest absolute Gasteiger partial charge is 0.255 e. The number of amides is 1. The quantitative estimate of drug-likeness (QED) is 0.874. The lowest BCUT2D eigenvalue weighted by molar-refractivity contribution is -0.938. The summed E-state index contributed by atoms with van der Waals surface area (Å²) in [6.45, 7) is 6.04. The molecular weight excluding hydrogens is 332 g/mol. The monoisotopic (exact) mass is 357 g/mol. The van der Waals surface area contributed by atoms with Crippen LogP contribution in [0.25, 0.3) is 0 Å². The molecule has 1 amide bonds. The number of nitrogens with zero attached hydrogens (tertiary/aromatic N) is 1. The van der Waals surface area contributed by atoms with Gasteiger partial charge in [0, 0.05) is 31.5 Å². The molecule has 1 atom stereocenters. The number of hydrogen-bond acceptors (Lipinski definition) is 1. The van der Waals surface area contributed by atoms with E-state index < -0.39 is 0 Å². The molecule has 1 aliphatic heterocycles. The minimum Gasteiger partial charge on any atom is -0.338 e. The number of likely N-dealkylation sites (tertiary alicyclic amines) is 1. The largest absolute Gasteiger partial charge is 0.338 e. The molecule has 1 aliphatic rings. The molecule has 1 N–H and O–H groups in total. The maximum absolute atomic E-state index is 12.7. The molecule has 0 aromatic heterocycles. The highest BCUT2D eigenvalue weighted by atomic mass is 35.5. The zero-order valence-corrected chi connectivity index (χ0v) is 15.5. The first-order valence-corrected chi connectivity index (χ1v) is 9.49. The van der Waals surface area contributed by atoms with E-state index in [0.29, 0.717) is 16.6 Å². The summed E-state index contributed by atoms with van der Waals surface area (Å²) in [5, 5.41) is 0.541. The van der Waals surface area contributed by atoms with E-state index in [1.807, 2.05) is 23.1 Å². The maximum Gasteiger partial charge on any atom is 0.255 e. The summed E-state index contributed by atoms with van der Waals surface area (Å²) in [5.74, 6) is 0.0603. The lowest BCUT2D eigenvalue weighted by atomic mass is 10.0. The van der Waals surface area contributed by atoms with Crippen LogP contribution in [0.4, 0.5) is 0 Å². The van der Waals surface area contributed by atoms with Crippen LogP contribution in [0.3, 0.4) is 0 Å². The van der Waals surface area contributed by atoms with Crippen molar-refractivity contribution in [1.29, 1.82) is 0 Å². The van der Waals surface area contributed by atoms with Gasteiger partial charge in [-0.15, -0.1) is 0 Å². The topological polar surface area (TPSA) is 24.8 Å². The molecule has 0 bridgehead atoms. The van der Waals surface area contributed by atoms with Crippen LogP contribution >= 0.6 is 11.6 Å². The Hall–Kier alpha value is -1.84. The van der Waals surface area contributed by atoms with Gasteiger partial charge in [-0.1, -0.05) is 54.1 Å². The molecule has 2 aromatic carbocycles. The van der Waals surface area contributed by atoms with E-state index in [4.69, 9.17) is 11.6 Å². The fraction of sp³-hybridized carbons (Fsp3) is 0.381. The van der Waals surface area contributed by atoms with E-state index in [1.54, 1.807) is 11.0 Å². The Morgan fingerprint density at radius 2 is 1.72 bits per heavy atom. The van der Waals surface area contributed by atoms with Crippen molar-refractivity contribution in [2.75, 3.05) is 19.6 Å². The molecule has 132 valence electrons. The Bertz CT molecular complexity index is 696. The van der Waals surface area contributed by atoms with E-state index in [9.17, 15) is 4.79 Å². The van der Waals surface area contributed by atoms with E-state index in [1.165, 1.54) is 5.56 Å². The van der Waals surface area contributed by atoms with Crippen LogP contribution in [0.5, 0.6) is 0 Å². The summed E-state index contributed by atoms with van der Waals surface area (Å²) in [5.41, 5.74) is 2.00. The number of hydrogen-bond donors (Lipinski definition) is 1. The van der Waals surface area contributed by atoms with E-state index in [-0.39, 0.29) is 5.91 Å². The van der Waals surface area contributed by atoms with Crippen molar-refractivity contribution < 1.29 is 9.69 Å². The Labute approximate surface area is 155 Å². The summed E-state index contributed by atoms with van der Waals surface area (Å²) >= 11 is 6.18. The Morgan fingerprint density at radius 1 is 1.08 bits per heavy atom. The average molecular weight is 358 g/mol. The van der Waals surface area contributed by atoms with E-state index in [0.717, 1.165) is 39.0 Å². The summed E-state index contributed by atoms with van der Waals surface area (Å²) in [6, 6.07) is 18.6. The van der Waals surface area contributed by atoms with Crippen LogP contribution in [0.2, 0.25) is 5.02 Å². The summed E-state index contributed by atoms with van der Waals surface area (Å²) in [6.07, 6.45) is 2.10. The first-order chi connectivity index (χ1) is 12.2. The molecule has 0 aliphatic carbocycles. The molecule has 3 rings (SSSR count). The summed E-state index contributed by atoms with van der Waals surface area (Å²) in [4.78, 5) is 16.3. The molecule has 0 spiro atoms. The minimum absolute atomic E-state index is 0.0603. The van der Waals surface area contributed by atoms with Crippen molar-refractivity contribution in [2.24, 2.45) is 0 Å². The Kier molecular flexibility index (Phi) is 6.11. The van der Waals surface area contributed by atoms with Crippen LogP contribution in [0.15, 0.2) is 54.6 Å². The van der Waals surface area contributed by atoms with Gasteiger partial charge in [0.15, 0.2) is 0 Å². The molecule has 3 nitrogen and oxygen atoms in total. The third kappa shape index (κ3) is 4.42. The average Bonchev–Trinajstić information content (AvgIpc) is 2.67. The predicted molar refractivity (Wildman–Crippen MR) is 102 cm³/mol. The molecule has 4 heteroatoms. The van der Waals surface area contributed by atoms with Gasteiger partial charge in [-0.2, -0.15) is 0 Å². The van der Waals surface area contributed by atoms with Gasteiger partial charge in [-0.05, 0) is 19.1 Å². The fourth-order valence-corrected chi connectivity index (χ4v) is 3.93. The van der Waals surface area contributed by atoms with E-state index in [2.05, 4.69) is 37.3 Å². The van der Waals surface area contributed by atoms with Crippen LogP contribution in [0, 0.1) is 0 Å². The van der Waals surface area contributed by atoms with Crippen molar-refractivity contribution in [3.05, 3.63) is 70.7 Å². The zero-order valence-electron chi connectivity index (χ0n) is 14.7. The number of halogens is 1. The molecule has 1 saturated heterocycles. The van der Waals surface area contributed by atoms with Gasteiger partial charge in [-0.3, -0.25) is 4.79 Å². The van der Waals surface area contributed by atoms with Crippen LogP contribution in [-0.2, 0) is 6.54 Å². The normalized spacial score (nSPS) is 16.6. The lowest BCUT2D eigenvalue weighted by Gasteiger charge is -2.36. The highest BCUT2D eigenvalue weighted by molar-refractivity contribution is 6.33. The molecular formula is C21H26ClN2O+. The SMILES string of the molecule is CC[NH+](Cc1ccccc1)C1CCN(C(=O)c2ccccc2Cl)CC1. The van der Waals surface area contributed by atoms with Gasteiger partial charge < -0.3 is 9.80 Å².